The number of alkyl halides is 3. The third-order valence-electron chi connectivity index (χ3n) is 3.65. The van der Waals surface area contributed by atoms with Gasteiger partial charge in [0.05, 0.1) is 16.2 Å². The van der Waals surface area contributed by atoms with Crippen LogP contribution in [-0.2, 0) is 0 Å². The highest BCUT2D eigenvalue weighted by atomic mass is 35.5. The minimum Gasteiger partial charge on any atom is -0.758 e. The topological polar surface area (TPSA) is 65.2 Å². The largest absolute Gasteiger partial charge is 0.758 e. The van der Waals surface area contributed by atoms with E-state index in [0.29, 0.717) is 21.0 Å². The zero-order valence-electron chi connectivity index (χ0n) is 12.2. The van der Waals surface area contributed by atoms with Crippen LogP contribution in [0.1, 0.15) is 17.3 Å². The Labute approximate surface area is 140 Å². The summed E-state index contributed by atoms with van der Waals surface area (Å²) in [7, 11) is 0. The SMILES string of the molecule is NC(c1cc2cccc(Cl)c2nc1C1=CN([O-])CC=C1)C(F)(F)F. The lowest BCUT2D eigenvalue weighted by atomic mass is 9.97. The van der Waals surface area contributed by atoms with Crippen molar-refractivity contribution in [3.63, 3.8) is 0 Å². The molecule has 1 aromatic carbocycles. The Balaban J connectivity index is 2.28. The van der Waals surface area contributed by atoms with Gasteiger partial charge in [0.1, 0.15) is 6.04 Å². The molecule has 0 radical (unpaired) electrons. The molecule has 2 heterocycles. The third-order valence-corrected chi connectivity index (χ3v) is 3.96. The smallest absolute Gasteiger partial charge is 0.407 e. The number of fused-ring (bicyclic) bond motifs is 1. The predicted molar refractivity (Wildman–Crippen MR) is 86.9 cm³/mol. The minimum atomic E-state index is -4.64. The van der Waals surface area contributed by atoms with E-state index in [1.54, 1.807) is 30.4 Å². The molecule has 1 aliphatic heterocycles. The zero-order valence-corrected chi connectivity index (χ0v) is 13.0. The van der Waals surface area contributed by atoms with Gasteiger partial charge in [-0.25, -0.2) is 4.98 Å². The Morgan fingerprint density at radius 3 is 2.75 bits per heavy atom. The first kappa shape index (κ1) is 16.8. The highest BCUT2D eigenvalue weighted by Gasteiger charge is 2.40. The molecule has 8 heteroatoms. The lowest BCUT2D eigenvalue weighted by Crippen LogP contribution is -2.29. The van der Waals surface area contributed by atoms with Crippen LogP contribution in [0.15, 0.2) is 42.6 Å². The van der Waals surface area contributed by atoms with Gasteiger partial charge in [0, 0.05) is 23.1 Å². The van der Waals surface area contributed by atoms with Crippen molar-refractivity contribution >= 4 is 28.1 Å². The Morgan fingerprint density at radius 2 is 2.08 bits per heavy atom. The molecule has 1 atom stereocenters. The number of rotatable bonds is 2. The summed E-state index contributed by atoms with van der Waals surface area (Å²) in [4.78, 5) is 4.27. The summed E-state index contributed by atoms with van der Waals surface area (Å²) in [5, 5.41) is 12.9. The van der Waals surface area contributed by atoms with Crippen molar-refractivity contribution < 1.29 is 13.2 Å². The van der Waals surface area contributed by atoms with Gasteiger partial charge in [0.15, 0.2) is 0 Å². The molecule has 0 saturated heterocycles. The van der Waals surface area contributed by atoms with E-state index < -0.39 is 12.2 Å². The van der Waals surface area contributed by atoms with E-state index in [4.69, 9.17) is 17.3 Å². The highest BCUT2D eigenvalue weighted by molar-refractivity contribution is 6.35. The molecule has 24 heavy (non-hydrogen) atoms. The van der Waals surface area contributed by atoms with Gasteiger partial charge in [-0.05, 0) is 18.3 Å². The Kier molecular flexibility index (Phi) is 4.25. The number of hydroxylamine groups is 2. The van der Waals surface area contributed by atoms with E-state index in [9.17, 15) is 18.4 Å². The van der Waals surface area contributed by atoms with E-state index >= 15 is 0 Å². The van der Waals surface area contributed by atoms with Crippen molar-refractivity contribution in [2.45, 2.75) is 12.2 Å². The molecule has 1 aromatic heterocycles. The van der Waals surface area contributed by atoms with Crippen LogP contribution < -0.4 is 5.73 Å². The van der Waals surface area contributed by atoms with E-state index in [0.717, 1.165) is 0 Å². The number of para-hydroxylation sites is 1. The van der Waals surface area contributed by atoms with E-state index in [1.165, 1.54) is 12.3 Å². The van der Waals surface area contributed by atoms with Crippen LogP contribution >= 0.6 is 11.6 Å². The van der Waals surface area contributed by atoms with Crippen LogP contribution in [0.3, 0.4) is 0 Å². The standard InChI is InChI=1S/C16H12ClF3N3O/c17-12-5-1-3-9-7-11(15(21)16(18,19)20)13(22-14(9)12)10-4-2-6-23(24)8-10/h1-5,7-8,15H,6,21H2/q-1. The first-order chi connectivity index (χ1) is 11.3. The molecule has 4 nitrogen and oxygen atoms in total. The molecular weight excluding hydrogens is 343 g/mol. The minimum absolute atomic E-state index is 0.00257. The summed E-state index contributed by atoms with van der Waals surface area (Å²) >= 11 is 6.09. The van der Waals surface area contributed by atoms with Gasteiger partial charge in [-0.3, -0.25) is 0 Å². The highest BCUT2D eigenvalue weighted by Crippen LogP contribution is 2.37. The van der Waals surface area contributed by atoms with Crippen molar-refractivity contribution in [1.82, 2.24) is 10.0 Å². The quantitative estimate of drug-likeness (QED) is 0.879. The molecule has 0 saturated carbocycles. The number of allylic oxidation sites excluding steroid dienone is 2. The maximum Gasteiger partial charge on any atom is 0.407 e. The van der Waals surface area contributed by atoms with Gasteiger partial charge in [-0.15, -0.1) is 0 Å². The number of nitrogens with zero attached hydrogens (tertiary/aromatic N) is 2. The number of hydrogen-bond acceptors (Lipinski definition) is 4. The molecule has 1 aliphatic rings. The van der Waals surface area contributed by atoms with E-state index in [2.05, 4.69) is 4.98 Å². The lowest BCUT2D eigenvalue weighted by Gasteiger charge is -2.29. The molecule has 0 spiro atoms. The summed E-state index contributed by atoms with van der Waals surface area (Å²) in [6.07, 6.45) is -0.355. The van der Waals surface area contributed by atoms with Crippen LogP contribution in [0.2, 0.25) is 5.02 Å². The molecule has 0 amide bonds. The number of nitrogens with two attached hydrogens (primary N) is 1. The van der Waals surface area contributed by atoms with Crippen molar-refractivity contribution in [2.75, 3.05) is 6.54 Å². The summed E-state index contributed by atoms with van der Waals surface area (Å²) in [6, 6.07) is 3.92. The lowest BCUT2D eigenvalue weighted by molar-refractivity contribution is -0.149. The van der Waals surface area contributed by atoms with Crippen molar-refractivity contribution in [3.05, 3.63) is 64.1 Å². The van der Waals surface area contributed by atoms with Gasteiger partial charge in [0.25, 0.3) is 0 Å². The third kappa shape index (κ3) is 3.10. The fourth-order valence-corrected chi connectivity index (χ4v) is 2.72. The summed E-state index contributed by atoms with van der Waals surface area (Å²) in [5.74, 6) is 0. The second-order valence-corrected chi connectivity index (χ2v) is 5.75. The van der Waals surface area contributed by atoms with Crippen molar-refractivity contribution in [1.29, 1.82) is 0 Å². The first-order valence-electron chi connectivity index (χ1n) is 7.01. The summed E-state index contributed by atoms with van der Waals surface area (Å²) in [5.41, 5.74) is 5.80. The normalized spacial score (nSPS) is 16.4. The van der Waals surface area contributed by atoms with Crippen molar-refractivity contribution in [2.24, 2.45) is 5.73 Å². The van der Waals surface area contributed by atoms with Crippen LogP contribution in [0, 0.1) is 5.21 Å². The fourth-order valence-electron chi connectivity index (χ4n) is 2.50. The number of hydrogen-bond donors (Lipinski definition) is 1. The van der Waals surface area contributed by atoms with Crippen LogP contribution in [-0.4, -0.2) is 22.8 Å². The second kappa shape index (κ2) is 6.08. The molecule has 0 fully saturated rings. The van der Waals surface area contributed by atoms with Crippen LogP contribution in [0.5, 0.6) is 0 Å². The molecule has 126 valence electrons. The Morgan fingerprint density at radius 1 is 1.33 bits per heavy atom. The van der Waals surface area contributed by atoms with Gasteiger partial charge in [-0.2, -0.15) is 13.2 Å². The van der Waals surface area contributed by atoms with E-state index in [1.807, 2.05) is 0 Å². The number of pyridine rings is 1. The number of benzene rings is 1. The Hall–Kier alpha value is -2.09. The molecule has 0 aliphatic carbocycles. The van der Waals surface area contributed by atoms with Gasteiger partial charge in [0.2, 0.25) is 0 Å². The van der Waals surface area contributed by atoms with Crippen LogP contribution in [0.25, 0.3) is 16.5 Å². The monoisotopic (exact) mass is 354 g/mol. The first-order valence-corrected chi connectivity index (χ1v) is 7.39. The van der Waals surface area contributed by atoms with Gasteiger partial charge < -0.3 is 16.0 Å². The van der Waals surface area contributed by atoms with Crippen LogP contribution in [0.4, 0.5) is 13.2 Å². The maximum atomic E-state index is 13.1. The molecule has 3 rings (SSSR count). The second-order valence-electron chi connectivity index (χ2n) is 5.34. The predicted octanol–water partition coefficient (Wildman–Crippen LogP) is 4.16. The summed E-state index contributed by atoms with van der Waals surface area (Å²) < 4.78 is 39.4. The summed E-state index contributed by atoms with van der Waals surface area (Å²) in [6.45, 7) is 0.124. The maximum absolute atomic E-state index is 13.1. The molecule has 2 N–H and O–H groups in total. The molecule has 2 aromatic rings. The molecule has 0 bridgehead atoms. The fraction of sp³-hybridized carbons (Fsp3) is 0.188. The van der Waals surface area contributed by atoms with Gasteiger partial charge in [-0.1, -0.05) is 35.9 Å². The van der Waals surface area contributed by atoms with E-state index in [-0.39, 0.29) is 23.4 Å². The average molecular weight is 355 g/mol. The molecule has 1 unspecified atom stereocenters. The van der Waals surface area contributed by atoms with Gasteiger partial charge >= 0.3 is 6.18 Å². The van der Waals surface area contributed by atoms with Crippen molar-refractivity contribution in [3.8, 4) is 0 Å². The number of aromatic nitrogens is 1. The number of halogens is 4. The zero-order chi connectivity index (χ0) is 17.5. The average Bonchev–Trinajstić information content (AvgIpc) is 2.52. The Bertz CT molecular complexity index is 848. The molecular formula is C16H12ClF3N3O-.